The number of aryl methyl sites for hydroxylation is 1. The van der Waals surface area contributed by atoms with Crippen LogP contribution in [0.1, 0.15) is 10.6 Å². The van der Waals surface area contributed by atoms with Gasteiger partial charge in [-0.3, -0.25) is 5.10 Å². The van der Waals surface area contributed by atoms with Crippen molar-refractivity contribution in [1.82, 2.24) is 15.2 Å². The minimum Gasteiger partial charge on any atom is -0.486 e. The molecule has 2 aromatic carbocycles. The second-order valence-corrected chi connectivity index (χ2v) is 8.10. The smallest absolute Gasteiger partial charge is 0.486 e. The van der Waals surface area contributed by atoms with Crippen molar-refractivity contribution in [3.05, 3.63) is 65.4 Å². The average molecular weight is 549 g/mol. The molecule has 15 heteroatoms. The molecule has 0 amide bonds. The van der Waals surface area contributed by atoms with E-state index in [1.807, 2.05) is 36.7 Å². The molecule has 0 atom stereocenters. The molecule has 2 aromatic heterocycles. The molecule has 8 nitrogen and oxygen atoms in total. The first-order valence-electron chi connectivity index (χ1n) is 9.85. The molecule has 0 aliphatic rings. The summed E-state index contributed by atoms with van der Waals surface area (Å²) in [6, 6.07) is 14.3. The van der Waals surface area contributed by atoms with Gasteiger partial charge in [0.2, 0.25) is 0 Å². The molecule has 198 valence electrons. The van der Waals surface area contributed by atoms with Crippen LogP contribution in [0.2, 0.25) is 0 Å². The van der Waals surface area contributed by atoms with Crippen LogP contribution in [0.3, 0.4) is 0 Å². The van der Waals surface area contributed by atoms with Crippen LogP contribution < -0.4 is 4.74 Å². The molecule has 0 aliphatic carbocycles. The molecule has 0 unspecified atom stereocenters. The van der Waals surface area contributed by atoms with Crippen LogP contribution >= 0.6 is 11.3 Å². The van der Waals surface area contributed by atoms with Gasteiger partial charge in [-0.25, -0.2) is 14.6 Å². The average Bonchev–Trinajstić information content (AvgIpc) is 3.46. The molecule has 0 radical (unpaired) electrons. The zero-order valence-corrected chi connectivity index (χ0v) is 19.4. The van der Waals surface area contributed by atoms with Crippen LogP contribution in [0.5, 0.6) is 5.75 Å². The molecule has 4 aromatic rings. The summed E-state index contributed by atoms with van der Waals surface area (Å²) in [7, 11) is 0. The number of hydrogen-bond donors (Lipinski definition) is 3. The van der Waals surface area contributed by atoms with E-state index in [4.69, 9.17) is 24.5 Å². The van der Waals surface area contributed by atoms with Crippen molar-refractivity contribution in [2.75, 3.05) is 0 Å². The van der Waals surface area contributed by atoms with Crippen molar-refractivity contribution in [3.8, 4) is 16.9 Å². The number of ether oxygens (including phenoxy) is 1. The van der Waals surface area contributed by atoms with Crippen LogP contribution in [0, 0.1) is 6.92 Å². The minimum absolute atomic E-state index is 0.490. The molecule has 2 heterocycles. The Balaban J connectivity index is 0.000000286. The largest absolute Gasteiger partial charge is 0.490 e. The SMILES string of the molecule is Cc1cccc(OCc2nc3ccc(-c4cn[nH]c4)cc3s2)c1.O=C(O)C(F)(F)F.O=C(O)C(F)(F)F. The van der Waals surface area contributed by atoms with Crippen molar-refractivity contribution in [1.29, 1.82) is 0 Å². The standard InChI is InChI=1S/C18H15N3OS.2C2HF3O2/c1-12-3-2-4-15(7-12)22-11-18-21-16-6-5-13(8-17(16)23-18)14-9-19-20-10-14;2*3-2(4,5)1(6)7/h2-10H,11H2,1H3,(H,19,20);2*(H,6,7). The van der Waals surface area contributed by atoms with Gasteiger partial charge in [-0.2, -0.15) is 31.4 Å². The number of fused-ring (bicyclic) bond motifs is 1. The number of H-pyrrole nitrogens is 1. The van der Waals surface area contributed by atoms with Crippen LogP contribution in [0.4, 0.5) is 26.3 Å². The molecule has 3 N–H and O–H groups in total. The Hall–Kier alpha value is -4.14. The van der Waals surface area contributed by atoms with E-state index in [0.29, 0.717) is 6.61 Å². The quantitative estimate of drug-likeness (QED) is 0.273. The van der Waals surface area contributed by atoms with Crippen LogP contribution in [-0.2, 0) is 16.2 Å². The number of aromatic amines is 1. The molecular formula is C22H17F6N3O5S. The highest BCUT2D eigenvalue weighted by molar-refractivity contribution is 7.18. The Morgan fingerprint density at radius 3 is 2.11 bits per heavy atom. The number of hydrogen-bond acceptors (Lipinski definition) is 6. The van der Waals surface area contributed by atoms with Gasteiger partial charge in [0.25, 0.3) is 0 Å². The predicted octanol–water partition coefficient (Wildman–Crippen LogP) is 5.84. The fourth-order valence-corrected chi connectivity index (χ4v) is 3.39. The number of aliphatic carboxylic acids is 2. The maximum absolute atomic E-state index is 10.6. The van der Waals surface area contributed by atoms with E-state index in [0.717, 1.165) is 32.1 Å². The first-order valence-corrected chi connectivity index (χ1v) is 10.7. The van der Waals surface area contributed by atoms with E-state index in [-0.39, 0.29) is 0 Å². The number of thiazole rings is 1. The molecule has 0 fully saturated rings. The second-order valence-electron chi connectivity index (χ2n) is 6.99. The molecule has 0 aliphatic heterocycles. The number of nitrogens with one attached hydrogen (secondary N) is 1. The lowest BCUT2D eigenvalue weighted by Gasteiger charge is -2.04. The van der Waals surface area contributed by atoms with Gasteiger partial charge in [-0.1, -0.05) is 18.2 Å². The first-order chi connectivity index (χ1) is 17.2. The Morgan fingerprint density at radius 1 is 0.973 bits per heavy atom. The van der Waals surface area contributed by atoms with Crippen LogP contribution in [-0.4, -0.2) is 49.7 Å². The Kier molecular flexibility index (Phi) is 9.60. The van der Waals surface area contributed by atoms with Gasteiger partial charge >= 0.3 is 24.3 Å². The van der Waals surface area contributed by atoms with E-state index in [1.54, 1.807) is 11.3 Å². The van der Waals surface area contributed by atoms with Gasteiger partial charge in [-0.15, -0.1) is 11.3 Å². The number of alkyl halides is 6. The number of carboxylic acid groups (broad SMARTS) is 2. The van der Waals surface area contributed by atoms with Crippen molar-refractivity contribution >= 4 is 33.5 Å². The van der Waals surface area contributed by atoms with Crippen molar-refractivity contribution in [2.45, 2.75) is 25.9 Å². The van der Waals surface area contributed by atoms with Gasteiger partial charge in [0.1, 0.15) is 17.4 Å². The van der Waals surface area contributed by atoms with Crippen molar-refractivity contribution in [3.63, 3.8) is 0 Å². The summed E-state index contributed by atoms with van der Waals surface area (Å²) in [5, 5.41) is 22.1. The van der Waals surface area contributed by atoms with Gasteiger partial charge in [0.15, 0.2) is 0 Å². The number of halogens is 6. The number of carboxylic acids is 2. The first kappa shape index (κ1) is 29.1. The molecule has 37 heavy (non-hydrogen) atoms. The normalized spacial score (nSPS) is 11.1. The van der Waals surface area contributed by atoms with Gasteiger partial charge < -0.3 is 14.9 Å². The highest BCUT2D eigenvalue weighted by Gasteiger charge is 2.38. The zero-order chi connectivity index (χ0) is 27.8. The summed E-state index contributed by atoms with van der Waals surface area (Å²) >= 11 is 1.67. The third kappa shape index (κ3) is 9.44. The molecule has 0 spiro atoms. The zero-order valence-electron chi connectivity index (χ0n) is 18.6. The summed E-state index contributed by atoms with van der Waals surface area (Å²) < 4.78 is 70.5. The van der Waals surface area contributed by atoms with Crippen LogP contribution in [0.15, 0.2) is 54.9 Å². The number of benzene rings is 2. The molecule has 4 rings (SSSR count). The lowest BCUT2D eigenvalue weighted by molar-refractivity contribution is -0.193. The molecule has 0 saturated heterocycles. The summed E-state index contributed by atoms with van der Waals surface area (Å²) in [6.07, 6.45) is -6.45. The van der Waals surface area contributed by atoms with Gasteiger partial charge in [-0.05, 0) is 42.3 Å². The summed E-state index contributed by atoms with van der Waals surface area (Å²) in [5.74, 6) is -4.64. The Morgan fingerprint density at radius 2 is 1.59 bits per heavy atom. The topological polar surface area (TPSA) is 125 Å². The van der Waals surface area contributed by atoms with Gasteiger partial charge in [0.05, 0.1) is 16.4 Å². The van der Waals surface area contributed by atoms with Crippen LogP contribution in [0.25, 0.3) is 21.3 Å². The maximum atomic E-state index is 10.6. The fourth-order valence-electron chi connectivity index (χ4n) is 2.47. The summed E-state index contributed by atoms with van der Waals surface area (Å²) in [4.78, 5) is 22.4. The van der Waals surface area contributed by atoms with Crippen molar-refractivity contribution in [2.24, 2.45) is 0 Å². The van der Waals surface area contributed by atoms with E-state index in [1.165, 1.54) is 5.56 Å². The lowest BCUT2D eigenvalue weighted by atomic mass is 10.1. The second kappa shape index (κ2) is 12.2. The van der Waals surface area contributed by atoms with E-state index in [9.17, 15) is 26.3 Å². The number of nitrogens with zero attached hydrogens (tertiary/aromatic N) is 2. The van der Waals surface area contributed by atoms with E-state index < -0.39 is 24.3 Å². The number of aromatic nitrogens is 3. The Bertz CT molecular complexity index is 1310. The number of carbonyl (C=O) groups is 2. The summed E-state index contributed by atoms with van der Waals surface area (Å²) in [6.45, 7) is 2.55. The monoisotopic (exact) mass is 549 g/mol. The van der Waals surface area contributed by atoms with E-state index >= 15 is 0 Å². The summed E-state index contributed by atoms with van der Waals surface area (Å²) in [5.41, 5.74) is 4.42. The molecule has 0 bridgehead atoms. The third-order valence-electron chi connectivity index (χ3n) is 4.10. The van der Waals surface area contributed by atoms with E-state index in [2.05, 4.69) is 40.3 Å². The highest BCUT2D eigenvalue weighted by atomic mass is 32.1. The molecule has 0 saturated carbocycles. The number of rotatable bonds is 4. The third-order valence-corrected chi connectivity index (χ3v) is 5.09. The van der Waals surface area contributed by atoms with Gasteiger partial charge in [0, 0.05) is 11.8 Å². The lowest BCUT2D eigenvalue weighted by Crippen LogP contribution is -2.21. The highest BCUT2D eigenvalue weighted by Crippen LogP contribution is 2.28. The minimum atomic E-state index is -5.08. The predicted molar refractivity (Wildman–Crippen MR) is 120 cm³/mol. The maximum Gasteiger partial charge on any atom is 0.490 e. The van der Waals surface area contributed by atoms with Crippen molar-refractivity contribution < 1.29 is 50.9 Å². The fraction of sp³-hybridized carbons (Fsp3) is 0.182. The molecular weight excluding hydrogens is 532 g/mol. The Labute approximate surface area is 208 Å².